The SMILES string of the molecule is OC[C@H](Cc1ccccc1)N(Cc1ccccc1)C[C@H](O)[C@@H](O)CN(Cc1ccccc1)[C@H](CO)Cc1ccccc1. The molecule has 6 heteroatoms. The van der Waals surface area contributed by atoms with Gasteiger partial charge in [0, 0.05) is 38.3 Å². The van der Waals surface area contributed by atoms with Crippen molar-refractivity contribution in [2.75, 3.05) is 26.3 Å². The van der Waals surface area contributed by atoms with E-state index < -0.39 is 12.2 Å². The third-order valence-corrected chi connectivity index (χ3v) is 7.83. The predicted molar refractivity (Wildman–Crippen MR) is 168 cm³/mol. The molecule has 0 fully saturated rings. The summed E-state index contributed by atoms with van der Waals surface area (Å²) in [4.78, 5) is 4.12. The van der Waals surface area contributed by atoms with Crippen molar-refractivity contribution in [1.29, 1.82) is 0 Å². The molecular formula is C36H44N2O4. The third-order valence-electron chi connectivity index (χ3n) is 7.83. The minimum Gasteiger partial charge on any atom is -0.395 e. The molecule has 6 nitrogen and oxygen atoms in total. The normalized spacial score (nSPS) is 14.5. The average molecular weight is 569 g/mol. The van der Waals surface area contributed by atoms with Crippen LogP contribution in [0.5, 0.6) is 0 Å². The van der Waals surface area contributed by atoms with Gasteiger partial charge in [-0.15, -0.1) is 0 Å². The molecule has 4 atom stereocenters. The third kappa shape index (κ3) is 9.88. The fourth-order valence-electron chi connectivity index (χ4n) is 5.44. The molecule has 4 N–H and O–H groups in total. The highest BCUT2D eigenvalue weighted by molar-refractivity contribution is 5.19. The summed E-state index contributed by atoms with van der Waals surface area (Å²) in [7, 11) is 0. The van der Waals surface area contributed by atoms with Crippen LogP contribution in [0, 0.1) is 0 Å². The van der Waals surface area contributed by atoms with Crippen molar-refractivity contribution >= 4 is 0 Å². The maximum absolute atomic E-state index is 11.4. The van der Waals surface area contributed by atoms with Crippen LogP contribution in [0.1, 0.15) is 22.3 Å². The molecule has 4 aromatic carbocycles. The Labute approximate surface area is 250 Å². The van der Waals surface area contributed by atoms with Gasteiger partial charge >= 0.3 is 0 Å². The van der Waals surface area contributed by atoms with Crippen molar-refractivity contribution in [3.05, 3.63) is 144 Å². The van der Waals surface area contributed by atoms with Crippen LogP contribution >= 0.6 is 0 Å². The summed E-state index contributed by atoms with van der Waals surface area (Å²) in [5.74, 6) is 0. The molecule has 4 rings (SSSR count). The standard InChI is InChI=1S/C36H44N2O4/c39-27-33(21-29-13-5-1-6-14-29)37(23-31-17-9-3-10-18-31)25-35(41)36(42)26-38(24-32-19-11-4-12-20-32)34(28-40)22-30-15-7-2-8-16-30/h1-20,33-36,39-42H,21-28H2/t33-,34-,35-,36-/m0/s1. The summed E-state index contributed by atoms with van der Waals surface area (Å²) in [6.45, 7) is 1.29. The highest BCUT2D eigenvalue weighted by Gasteiger charge is 2.29. The summed E-state index contributed by atoms with van der Waals surface area (Å²) in [5.41, 5.74) is 4.34. The summed E-state index contributed by atoms with van der Waals surface area (Å²) in [6, 6.07) is 39.5. The van der Waals surface area contributed by atoms with Gasteiger partial charge in [0.05, 0.1) is 25.4 Å². The molecule has 222 valence electrons. The Morgan fingerprint density at radius 3 is 1.00 bits per heavy atom. The van der Waals surface area contributed by atoms with Crippen LogP contribution in [0.4, 0.5) is 0 Å². The molecule has 0 aliphatic heterocycles. The molecular weight excluding hydrogens is 524 g/mol. The Morgan fingerprint density at radius 2 is 0.714 bits per heavy atom. The molecule has 42 heavy (non-hydrogen) atoms. The molecule has 0 amide bonds. The molecule has 0 saturated heterocycles. The van der Waals surface area contributed by atoms with Crippen molar-refractivity contribution in [3.8, 4) is 0 Å². The van der Waals surface area contributed by atoms with Gasteiger partial charge in [0.1, 0.15) is 0 Å². The van der Waals surface area contributed by atoms with Crippen molar-refractivity contribution in [2.45, 2.75) is 50.2 Å². The van der Waals surface area contributed by atoms with E-state index in [9.17, 15) is 20.4 Å². The minimum absolute atomic E-state index is 0.0751. The second-order valence-corrected chi connectivity index (χ2v) is 11.0. The fourth-order valence-corrected chi connectivity index (χ4v) is 5.44. The molecule has 0 aromatic heterocycles. The van der Waals surface area contributed by atoms with E-state index in [0.717, 1.165) is 22.3 Å². The Bertz CT molecular complexity index is 1160. The van der Waals surface area contributed by atoms with Crippen LogP contribution in [0.25, 0.3) is 0 Å². The zero-order chi connectivity index (χ0) is 29.6. The van der Waals surface area contributed by atoms with Gasteiger partial charge in [-0.3, -0.25) is 9.80 Å². The van der Waals surface area contributed by atoms with Gasteiger partial charge in [-0.05, 0) is 35.1 Å². The largest absolute Gasteiger partial charge is 0.395 e. The Hall–Kier alpha value is -3.36. The molecule has 0 spiro atoms. The summed E-state index contributed by atoms with van der Waals surface area (Å²) in [6.07, 6.45) is -0.881. The van der Waals surface area contributed by atoms with Crippen LogP contribution < -0.4 is 0 Å². The lowest BCUT2D eigenvalue weighted by atomic mass is 10.0. The minimum atomic E-state index is -1.06. The Kier molecular flexibility index (Phi) is 12.7. The van der Waals surface area contributed by atoms with Gasteiger partial charge in [0.15, 0.2) is 0 Å². The molecule has 0 aliphatic carbocycles. The van der Waals surface area contributed by atoms with Crippen molar-refractivity contribution in [1.82, 2.24) is 9.80 Å². The first-order valence-electron chi connectivity index (χ1n) is 14.8. The van der Waals surface area contributed by atoms with E-state index in [0.29, 0.717) is 25.9 Å². The zero-order valence-corrected chi connectivity index (χ0v) is 24.2. The van der Waals surface area contributed by atoms with Crippen LogP contribution in [-0.4, -0.2) is 80.8 Å². The molecule has 0 aliphatic rings. The van der Waals surface area contributed by atoms with E-state index in [4.69, 9.17) is 0 Å². The lowest BCUT2D eigenvalue weighted by molar-refractivity contribution is -0.0419. The lowest BCUT2D eigenvalue weighted by Gasteiger charge is -2.36. The monoisotopic (exact) mass is 568 g/mol. The second-order valence-electron chi connectivity index (χ2n) is 11.0. The van der Waals surface area contributed by atoms with Crippen molar-refractivity contribution in [2.24, 2.45) is 0 Å². The van der Waals surface area contributed by atoms with Gasteiger partial charge in [0.25, 0.3) is 0 Å². The van der Waals surface area contributed by atoms with Crippen LogP contribution in [0.15, 0.2) is 121 Å². The fraction of sp³-hybridized carbons (Fsp3) is 0.333. The van der Waals surface area contributed by atoms with Gasteiger partial charge < -0.3 is 20.4 Å². The van der Waals surface area contributed by atoms with Crippen molar-refractivity contribution in [3.63, 3.8) is 0 Å². The molecule has 4 aromatic rings. The van der Waals surface area contributed by atoms with Crippen LogP contribution in [-0.2, 0) is 25.9 Å². The number of hydrogen-bond acceptors (Lipinski definition) is 6. The van der Waals surface area contributed by atoms with Crippen molar-refractivity contribution < 1.29 is 20.4 Å². The number of aliphatic hydroxyl groups is 4. The van der Waals surface area contributed by atoms with Gasteiger partial charge in [-0.25, -0.2) is 0 Å². The Morgan fingerprint density at radius 1 is 0.429 bits per heavy atom. The first kappa shape index (κ1) is 31.6. The van der Waals surface area contributed by atoms with E-state index >= 15 is 0 Å². The first-order chi connectivity index (χ1) is 20.6. The molecule has 0 bridgehead atoms. The van der Waals surface area contributed by atoms with Crippen LogP contribution in [0.3, 0.4) is 0 Å². The van der Waals surface area contributed by atoms with Gasteiger partial charge in [-0.1, -0.05) is 121 Å². The summed E-state index contributed by atoms with van der Waals surface area (Å²) < 4.78 is 0. The predicted octanol–water partition coefficient (Wildman–Crippen LogP) is 3.92. The molecule has 0 unspecified atom stereocenters. The number of nitrogens with zero attached hydrogens (tertiary/aromatic N) is 2. The van der Waals surface area contributed by atoms with E-state index in [-0.39, 0.29) is 38.4 Å². The zero-order valence-electron chi connectivity index (χ0n) is 24.2. The highest BCUT2D eigenvalue weighted by Crippen LogP contribution is 2.18. The highest BCUT2D eigenvalue weighted by atomic mass is 16.3. The van der Waals surface area contributed by atoms with E-state index in [1.54, 1.807) is 0 Å². The summed E-state index contributed by atoms with van der Waals surface area (Å²) >= 11 is 0. The van der Waals surface area contributed by atoms with E-state index in [2.05, 4.69) is 9.80 Å². The Balaban J connectivity index is 1.51. The van der Waals surface area contributed by atoms with E-state index in [1.165, 1.54) is 0 Å². The maximum Gasteiger partial charge on any atom is 0.0938 e. The molecule has 0 heterocycles. The topological polar surface area (TPSA) is 87.4 Å². The molecule has 0 saturated carbocycles. The lowest BCUT2D eigenvalue weighted by Crippen LogP contribution is -2.51. The number of benzene rings is 4. The molecule has 0 radical (unpaired) electrons. The number of rotatable bonds is 17. The number of hydrogen-bond donors (Lipinski definition) is 4. The smallest absolute Gasteiger partial charge is 0.0938 e. The summed E-state index contributed by atoms with van der Waals surface area (Å²) in [5, 5.41) is 43.6. The van der Waals surface area contributed by atoms with E-state index in [1.807, 2.05) is 121 Å². The number of aliphatic hydroxyl groups excluding tert-OH is 4. The quantitative estimate of drug-likeness (QED) is 0.155. The average Bonchev–Trinajstić information content (AvgIpc) is 3.03. The van der Waals surface area contributed by atoms with Gasteiger partial charge in [-0.2, -0.15) is 0 Å². The first-order valence-corrected chi connectivity index (χ1v) is 14.8. The maximum atomic E-state index is 11.4. The second kappa shape index (κ2) is 16.9. The van der Waals surface area contributed by atoms with Gasteiger partial charge in [0.2, 0.25) is 0 Å². The van der Waals surface area contributed by atoms with Crippen LogP contribution in [0.2, 0.25) is 0 Å².